The molecule has 4 heteroatoms. The number of fused-ring (bicyclic) bond motifs is 2. The van der Waals surface area contributed by atoms with Crippen molar-refractivity contribution in [2.24, 2.45) is 0 Å². The minimum Gasteiger partial charge on any atom is -0.493 e. The summed E-state index contributed by atoms with van der Waals surface area (Å²) in [6.45, 7) is 1.65. The van der Waals surface area contributed by atoms with Crippen LogP contribution in [-0.2, 0) is 12.8 Å². The van der Waals surface area contributed by atoms with Crippen molar-refractivity contribution in [2.45, 2.75) is 31.6 Å². The van der Waals surface area contributed by atoms with Gasteiger partial charge in [-0.1, -0.05) is 12.1 Å². The maximum atomic E-state index is 6.04. The van der Waals surface area contributed by atoms with Gasteiger partial charge in [-0.15, -0.1) is 0 Å². The summed E-state index contributed by atoms with van der Waals surface area (Å²) < 4.78 is 6.04. The first-order chi connectivity index (χ1) is 14.3. The van der Waals surface area contributed by atoms with Gasteiger partial charge in [-0.25, -0.2) is 0 Å². The molecule has 1 aliphatic carbocycles. The van der Waals surface area contributed by atoms with Crippen LogP contribution in [0.1, 0.15) is 35.4 Å². The average Bonchev–Trinajstić information content (AvgIpc) is 3.25. The van der Waals surface area contributed by atoms with Crippen LogP contribution in [0.2, 0.25) is 0 Å². The van der Waals surface area contributed by atoms with Gasteiger partial charge >= 0.3 is 0 Å². The Kier molecular flexibility index (Phi) is 4.84. The zero-order valence-corrected chi connectivity index (χ0v) is 16.9. The van der Waals surface area contributed by atoms with Crippen molar-refractivity contribution in [2.75, 3.05) is 30.4 Å². The molecule has 1 N–H and O–H groups in total. The zero-order valence-electron chi connectivity index (χ0n) is 16.9. The molecule has 2 aromatic carbocycles. The fourth-order valence-electron chi connectivity index (χ4n) is 4.50. The Morgan fingerprint density at radius 1 is 1.07 bits per heavy atom. The van der Waals surface area contributed by atoms with Crippen LogP contribution in [0.4, 0.5) is 17.1 Å². The number of hydrogen-bond donors (Lipinski definition) is 1. The Labute approximate surface area is 172 Å². The molecular weight excluding hydrogens is 358 g/mol. The van der Waals surface area contributed by atoms with Gasteiger partial charge in [-0.05, 0) is 72.7 Å². The summed E-state index contributed by atoms with van der Waals surface area (Å²) in [4.78, 5) is 6.45. The number of aromatic nitrogens is 1. The van der Waals surface area contributed by atoms with Crippen molar-refractivity contribution in [1.29, 1.82) is 0 Å². The van der Waals surface area contributed by atoms with Gasteiger partial charge in [0.15, 0.2) is 0 Å². The molecule has 1 aliphatic heterocycles. The van der Waals surface area contributed by atoms with Crippen LogP contribution >= 0.6 is 0 Å². The minimum absolute atomic E-state index is 0.443. The quantitative estimate of drug-likeness (QED) is 0.645. The van der Waals surface area contributed by atoms with E-state index in [1.165, 1.54) is 47.3 Å². The minimum atomic E-state index is 0.443. The fourth-order valence-corrected chi connectivity index (χ4v) is 4.50. The van der Waals surface area contributed by atoms with Crippen molar-refractivity contribution >= 4 is 17.1 Å². The second-order valence-electron chi connectivity index (χ2n) is 8.04. The lowest BCUT2D eigenvalue weighted by molar-refractivity contribution is 0.270. The van der Waals surface area contributed by atoms with Crippen LogP contribution in [0.25, 0.3) is 0 Å². The van der Waals surface area contributed by atoms with Crippen molar-refractivity contribution in [3.63, 3.8) is 0 Å². The Balaban J connectivity index is 1.35. The van der Waals surface area contributed by atoms with Crippen molar-refractivity contribution in [1.82, 2.24) is 4.98 Å². The largest absolute Gasteiger partial charge is 0.493 e. The first kappa shape index (κ1) is 18.0. The Morgan fingerprint density at radius 3 is 2.83 bits per heavy atom. The van der Waals surface area contributed by atoms with Crippen LogP contribution in [-0.4, -0.2) is 25.2 Å². The Hall–Kier alpha value is -3.01. The molecule has 1 atom stereocenters. The number of rotatable bonds is 5. The first-order valence-electron chi connectivity index (χ1n) is 10.5. The molecule has 3 aromatic rings. The number of nitrogens with zero attached hydrogens (tertiary/aromatic N) is 2. The molecule has 0 spiro atoms. The molecule has 0 radical (unpaired) electrons. The standard InChI is InChI=1S/C25H27N3O/c1-28(22-8-7-18-4-2-5-19(18)14-22)23-9-10-24-20(11-13-29-25(24)15-23)16-27-21-6-3-12-26-17-21/h3,6-10,12,14-15,17,20,27H,2,4-5,11,13,16H2,1H3/t20-/m0/s1. The normalized spacial score (nSPS) is 17.2. The number of nitrogens with one attached hydrogen (secondary N) is 1. The third-order valence-corrected chi connectivity index (χ3v) is 6.23. The first-order valence-corrected chi connectivity index (χ1v) is 10.5. The van der Waals surface area contributed by atoms with E-state index in [-0.39, 0.29) is 0 Å². The van der Waals surface area contributed by atoms with Gasteiger partial charge in [-0.3, -0.25) is 4.98 Å². The third kappa shape index (κ3) is 3.67. The maximum Gasteiger partial charge on any atom is 0.124 e. The highest BCUT2D eigenvalue weighted by Crippen LogP contribution is 2.38. The molecule has 29 heavy (non-hydrogen) atoms. The van der Waals surface area contributed by atoms with E-state index in [1.807, 2.05) is 12.3 Å². The van der Waals surface area contributed by atoms with E-state index in [1.54, 1.807) is 6.20 Å². The van der Waals surface area contributed by atoms with Gasteiger partial charge in [0.1, 0.15) is 5.75 Å². The summed E-state index contributed by atoms with van der Waals surface area (Å²) in [5, 5.41) is 3.51. The second-order valence-corrected chi connectivity index (χ2v) is 8.04. The van der Waals surface area contributed by atoms with Crippen LogP contribution < -0.4 is 15.0 Å². The monoisotopic (exact) mass is 385 g/mol. The highest BCUT2D eigenvalue weighted by atomic mass is 16.5. The summed E-state index contributed by atoms with van der Waals surface area (Å²) in [7, 11) is 2.14. The van der Waals surface area contributed by atoms with Gasteiger partial charge in [0, 0.05) is 49.3 Å². The predicted octanol–water partition coefficient (Wildman–Crippen LogP) is 5.32. The Bertz CT molecular complexity index is 1000. The van der Waals surface area contributed by atoms with Gasteiger partial charge in [-0.2, -0.15) is 0 Å². The molecule has 2 heterocycles. The van der Waals surface area contributed by atoms with Crippen molar-refractivity contribution < 1.29 is 4.74 Å². The van der Waals surface area contributed by atoms with Crippen LogP contribution in [0.5, 0.6) is 5.75 Å². The molecule has 0 saturated heterocycles. The van der Waals surface area contributed by atoms with E-state index in [4.69, 9.17) is 4.74 Å². The van der Waals surface area contributed by atoms with E-state index in [2.05, 4.69) is 64.7 Å². The second kappa shape index (κ2) is 7.78. The Morgan fingerprint density at radius 2 is 1.93 bits per heavy atom. The number of ether oxygens (including phenoxy) is 1. The molecule has 0 saturated carbocycles. The third-order valence-electron chi connectivity index (χ3n) is 6.23. The number of pyridine rings is 1. The van der Waals surface area contributed by atoms with Gasteiger partial charge < -0.3 is 15.0 Å². The highest BCUT2D eigenvalue weighted by molar-refractivity contribution is 5.66. The van der Waals surface area contributed by atoms with Crippen LogP contribution in [0.3, 0.4) is 0 Å². The van der Waals surface area contributed by atoms with Crippen LogP contribution in [0.15, 0.2) is 60.9 Å². The molecule has 4 nitrogen and oxygen atoms in total. The lowest BCUT2D eigenvalue weighted by Gasteiger charge is -2.28. The summed E-state index contributed by atoms with van der Waals surface area (Å²) in [6.07, 6.45) is 8.41. The number of aryl methyl sites for hydroxylation is 2. The van der Waals surface area contributed by atoms with E-state index in [0.717, 1.165) is 31.0 Å². The summed E-state index contributed by atoms with van der Waals surface area (Å²) in [5.74, 6) is 1.46. The molecular formula is C25H27N3O. The lowest BCUT2D eigenvalue weighted by atomic mass is 9.92. The molecule has 0 unspecified atom stereocenters. The molecule has 5 rings (SSSR count). The van der Waals surface area contributed by atoms with Crippen molar-refractivity contribution in [3.8, 4) is 5.75 Å². The number of hydrogen-bond acceptors (Lipinski definition) is 4. The van der Waals surface area contributed by atoms with E-state index in [0.29, 0.717) is 5.92 Å². The molecule has 0 bridgehead atoms. The highest BCUT2D eigenvalue weighted by Gasteiger charge is 2.22. The summed E-state index contributed by atoms with van der Waals surface area (Å²) >= 11 is 0. The van der Waals surface area contributed by atoms with Crippen LogP contribution in [0, 0.1) is 0 Å². The topological polar surface area (TPSA) is 37.4 Å². The maximum absolute atomic E-state index is 6.04. The average molecular weight is 386 g/mol. The molecule has 1 aromatic heterocycles. The zero-order chi connectivity index (χ0) is 19.6. The van der Waals surface area contributed by atoms with E-state index in [9.17, 15) is 0 Å². The van der Waals surface area contributed by atoms with Gasteiger partial charge in [0.05, 0.1) is 12.3 Å². The summed E-state index contributed by atoms with van der Waals surface area (Å²) in [5.41, 5.74) is 7.79. The molecule has 148 valence electrons. The molecule has 0 amide bonds. The smallest absolute Gasteiger partial charge is 0.124 e. The number of anilines is 3. The molecule has 0 fully saturated rings. The van der Waals surface area contributed by atoms with Gasteiger partial charge in [0.25, 0.3) is 0 Å². The van der Waals surface area contributed by atoms with Crippen molar-refractivity contribution in [3.05, 3.63) is 77.6 Å². The SMILES string of the molecule is CN(c1ccc2c(c1)CCC2)c1ccc2c(c1)OCC[C@H]2CNc1cccnc1. The summed E-state index contributed by atoms with van der Waals surface area (Å²) in [6, 6.07) is 17.6. The lowest BCUT2D eigenvalue weighted by Crippen LogP contribution is -2.21. The van der Waals surface area contributed by atoms with E-state index >= 15 is 0 Å². The molecule has 2 aliphatic rings. The fraction of sp³-hybridized carbons (Fsp3) is 0.320. The van der Waals surface area contributed by atoms with Gasteiger partial charge in [0.2, 0.25) is 0 Å². The van der Waals surface area contributed by atoms with E-state index < -0.39 is 0 Å². The number of benzene rings is 2. The predicted molar refractivity (Wildman–Crippen MR) is 119 cm³/mol.